The summed E-state index contributed by atoms with van der Waals surface area (Å²) in [7, 11) is 0. The van der Waals surface area contributed by atoms with Crippen molar-refractivity contribution in [2.75, 3.05) is 13.2 Å². The maximum absolute atomic E-state index is 12.4. The Kier molecular flexibility index (Phi) is 6.48. The fraction of sp³-hybridized carbons (Fsp3) is 0.625. The lowest BCUT2D eigenvalue weighted by molar-refractivity contribution is -0.159. The monoisotopic (exact) mass is 325 g/mol. The van der Waals surface area contributed by atoms with Crippen LogP contribution in [0.1, 0.15) is 40.0 Å². The van der Waals surface area contributed by atoms with Gasteiger partial charge in [-0.05, 0) is 40.0 Å². The number of allylic oxidation sites excluding steroid dienone is 1. The second-order valence-corrected chi connectivity index (χ2v) is 6.17. The van der Waals surface area contributed by atoms with E-state index in [4.69, 9.17) is 4.74 Å². The number of carboxylic acids is 1. The first-order valence-corrected chi connectivity index (χ1v) is 7.58. The maximum Gasteiger partial charge on any atom is 0.330 e. The van der Waals surface area contributed by atoms with Gasteiger partial charge in [0, 0.05) is 12.6 Å². The van der Waals surface area contributed by atoms with Crippen LogP contribution >= 0.6 is 0 Å². The Morgan fingerprint density at radius 1 is 1.26 bits per heavy atom. The lowest BCUT2D eigenvalue weighted by atomic mass is 9.87. The van der Waals surface area contributed by atoms with Gasteiger partial charge in [-0.25, -0.2) is 9.59 Å². The molecule has 1 aliphatic rings. The lowest BCUT2D eigenvalue weighted by Crippen LogP contribution is -2.53. The van der Waals surface area contributed by atoms with E-state index in [1.807, 2.05) is 0 Å². The van der Waals surface area contributed by atoms with Crippen molar-refractivity contribution in [3.63, 3.8) is 0 Å². The summed E-state index contributed by atoms with van der Waals surface area (Å²) in [6, 6.07) is -0.971. The number of piperidine rings is 1. The van der Waals surface area contributed by atoms with Gasteiger partial charge in [-0.2, -0.15) is 0 Å². The molecule has 1 N–H and O–H groups in total. The lowest BCUT2D eigenvalue weighted by Gasteiger charge is -2.34. The number of carboxylic acid groups (broad SMARTS) is 1. The van der Waals surface area contributed by atoms with Crippen LogP contribution in [0.2, 0.25) is 0 Å². The molecule has 0 aromatic rings. The van der Waals surface area contributed by atoms with Crippen molar-refractivity contribution in [2.45, 2.75) is 46.1 Å². The van der Waals surface area contributed by atoms with E-state index < -0.39 is 35.1 Å². The third-order valence-electron chi connectivity index (χ3n) is 3.74. The summed E-state index contributed by atoms with van der Waals surface area (Å²) in [5.41, 5.74) is -1.21. The topological polar surface area (TPSA) is 101 Å². The van der Waals surface area contributed by atoms with Crippen molar-refractivity contribution in [3.8, 4) is 0 Å². The molecule has 1 amide bonds. The van der Waals surface area contributed by atoms with Crippen molar-refractivity contribution in [1.29, 1.82) is 0 Å². The molecule has 1 fully saturated rings. The van der Waals surface area contributed by atoms with Crippen LogP contribution in [-0.4, -0.2) is 52.8 Å². The molecule has 7 heteroatoms. The summed E-state index contributed by atoms with van der Waals surface area (Å²) in [6.45, 7) is 4.65. The highest BCUT2D eigenvalue weighted by atomic mass is 16.5. The summed E-state index contributed by atoms with van der Waals surface area (Å²) in [4.78, 5) is 48.5. The van der Waals surface area contributed by atoms with E-state index in [2.05, 4.69) is 0 Å². The summed E-state index contributed by atoms with van der Waals surface area (Å²) < 4.78 is 4.95. The number of carbonyl (C=O) groups is 4. The molecular formula is C16H23NO6. The van der Waals surface area contributed by atoms with Crippen molar-refractivity contribution in [1.82, 2.24) is 4.90 Å². The molecule has 0 saturated carbocycles. The van der Waals surface area contributed by atoms with Gasteiger partial charge in [0.05, 0.1) is 5.41 Å². The zero-order valence-corrected chi connectivity index (χ0v) is 13.7. The van der Waals surface area contributed by atoms with Gasteiger partial charge in [-0.1, -0.05) is 6.08 Å². The highest BCUT2D eigenvalue weighted by Crippen LogP contribution is 2.23. The van der Waals surface area contributed by atoms with Crippen LogP contribution in [0.5, 0.6) is 0 Å². The van der Waals surface area contributed by atoms with Crippen LogP contribution in [0.15, 0.2) is 12.2 Å². The standard InChI is InChI=1S/C16H23NO6/c1-4-7-12(18)23-10-16(2,3)13(19)14(20)17-9-6-5-8-11(17)15(21)22/h4,7,11H,5-6,8-10H2,1-3H3,(H,21,22)/b7-4-. The van der Waals surface area contributed by atoms with Crippen LogP contribution in [0, 0.1) is 5.41 Å². The molecule has 1 rings (SSSR count). The van der Waals surface area contributed by atoms with Gasteiger partial charge < -0.3 is 14.7 Å². The first-order chi connectivity index (χ1) is 10.7. The van der Waals surface area contributed by atoms with Crippen LogP contribution in [0.4, 0.5) is 0 Å². The Bertz CT molecular complexity index is 523. The highest BCUT2D eigenvalue weighted by molar-refractivity contribution is 6.38. The van der Waals surface area contributed by atoms with E-state index >= 15 is 0 Å². The molecule has 1 unspecified atom stereocenters. The number of carbonyl (C=O) groups excluding carboxylic acids is 3. The van der Waals surface area contributed by atoms with E-state index in [1.165, 1.54) is 26.0 Å². The van der Waals surface area contributed by atoms with Crippen LogP contribution < -0.4 is 0 Å². The largest absolute Gasteiger partial charge is 0.480 e. The van der Waals surface area contributed by atoms with Crippen molar-refractivity contribution >= 4 is 23.6 Å². The first-order valence-electron chi connectivity index (χ1n) is 7.58. The van der Waals surface area contributed by atoms with E-state index in [0.29, 0.717) is 19.3 Å². The molecule has 0 aliphatic carbocycles. The van der Waals surface area contributed by atoms with Gasteiger partial charge in [-0.15, -0.1) is 0 Å². The quantitative estimate of drug-likeness (QED) is 0.447. The Labute approximate surface area is 135 Å². The second kappa shape index (κ2) is 7.89. The van der Waals surface area contributed by atoms with Crippen molar-refractivity contribution in [3.05, 3.63) is 12.2 Å². The van der Waals surface area contributed by atoms with Gasteiger partial charge in [-0.3, -0.25) is 9.59 Å². The molecule has 1 heterocycles. The van der Waals surface area contributed by atoms with Gasteiger partial charge in [0.2, 0.25) is 5.78 Å². The van der Waals surface area contributed by atoms with E-state index in [9.17, 15) is 24.3 Å². The van der Waals surface area contributed by atoms with E-state index in [1.54, 1.807) is 6.92 Å². The zero-order chi connectivity index (χ0) is 17.6. The minimum absolute atomic E-state index is 0.244. The number of amides is 1. The van der Waals surface area contributed by atoms with Gasteiger partial charge in [0.25, 0.3) is 5.91 Å². The molecule has 0 bridgehead atoms. The number of aliphatic carboxylic acids is 1. The van der Waals surface area contributed by atoms with Crippen LogP contribution in [0.3, 0.4) is 0 Å². The third-order valence-corrected chi connectivity index (χ3v) is 3.74. The van der Waals surface area contributed by atoms with Gasteiger partial charge >= 0.3 is 11.9 Å². The summed E-state index contributed by atoms with van der Waals surface area (Å²) in [5.74, 6) is -3.28. The maximum atomic E-state index is 12.4. The number of hydrogen-bond donors (Lipinski definition) is 1. The molecule has 1 atom stereocenters. The Morgan fingerprint density at radius 2 is 1.91 bits per heavy atom. The fourth-order valence-corrected chi connectivity index (χ4v) is 2.35. The van der Waals surface area contributed by atoms with Crippen LogP contribution in [0.25, 0.3) is 0 Å². The van der Waals surface area contributed by atoms with Gasteiger partial charge in [0.15, 0.2) is 0 Å². The summed E-state index contributed by atoms with van der Waals surface area (Å²) in [6.07, 6.45) is 4.44. The predicted octanol–water partition coefficient (Wildman–Crippen LogP) is 1.17. The minimum atomic E-state index is -1.21. The molecule has 0 aromatic heterocycles. The molecule has 0 spiro atoms. The minimum Gasteiger partial charge on any atom is -0.480 e. The molecule has 23 heavy (non-hydrogen) atoms. The first kappa shape index (κ1) is 18.9. The van der Waals surface area contributed by atoms with Crippen LogP contribution in [-0.2, 0) is 23.9 Å². The summed E-state index contributed by atoms with van der Waals surface area (Å²) in [5, 5.41) is 9.20. The average Bonchev–Trinajstić information content (AvgIpc) is 2.52. The zero-order valence-electron chi connectivity index (χ0n) is 13.7. The Balaban J connectivity index is 2.78. The van der Waals surface area contributed by atoms with E-state index in [0.717, 1.165) is 4.90 Å². The van der Waals surface area contributed by atoms with Crippen molar-refractivity contribution < 1.29 is 29.0 Å². The fourth-order valence-electron chi connectivity index (χ4n) is 2.35. The molecule has 128 valence electrons. The number of likely N-dealkylation sites (tertiary alicyclic amines) is 1. The number of nitrogens with zero attached hydrogens (tertiary/aromatic N) is 1. The molecule has 1 saturated heterocycles. The third kappa shape index (κ3) is 4.91. The molecule has 0 radical (unpaired) electrons. The normalized spacial score (nSPS) is 18.7. The smallest absolute Gasteiger partial charge is 0.330 e. The Morgan fingerprint density at radius 3 is 2.48 bits per heavy atom. The Hall–Kier alpha value is -2.18. The average molecular weight is 325 g/mol. The number of ketones is 1. The van der Waals surface area contributed by atoms with E-state index in [-0.39, 0.29) is 13.2 Å². The summed E-state index contributed by atoms with van der Waals surface area (Å²) >= 11 is 0. The second-order valence-electron chi connectivity index (χ2n) is 6.17. The van der Waals surface area contributed by atoms with Gasteiger partial charge in [0.1, 0.15) is 12.6 Å². The number of rotatable bonds is 6. The highest BCUT2D eigenvalue weighted by Gasteiger charge is 2.41. The molecule has 1 aliphatic heterocycles. The molecule has 7 nitrogen and oxygen atoms in total. The molecule has 0 aromatic carbocycles. The number of hydrogen-bond acceptors (Lipinski definition) is 5. The number of esters is 1. The number of Topliss-reactive ketones (excluding diaryl/α,β-unsaturated/α-hetero) is 1. The SMILES string of the molecule is C/C=C\C(=O)OCC(C)(C)C(=O)C(=O)N1CCCCC1C(=O)O. The number of ether oxygens (including phenoxy) is 1. The predicted molar refractivity (Wildman–Crippen MR) is 81.5 cm³/mol. The van der Waals surface area contributed by atoms with Crippen molar-refractivity contribution in [2.24, 2.45) is 5.41 Å². The molecular weight excluding hydrogens is 302 g/mol.